The number of benzene rings is 1. The SMILES string of the molecule is Cc1sc(-c2ccccn2)nc1-c1ccc2c(c1)N(CC#N)C(=O)C(C)O2. The zero-order chi connectivity index (χ0) is 19.0. The number of carbonyl (C=O) groups excluding carboxylic acids is 1. The summed E-state index contributed by atoms with van der Waals surface area (Å²) < 4.78 is 5.69. The van der Waals surface area contributed by atoms with E-state index in [-0.39, 0.29) is 12.5 Å². The largest absolute Gasteiger partial charge is 0.479 e. The number of anilines is 1. The van der Waals surface area contributed by atoms with E-state index in [9.17, 15) is 4.79 Å². The van der Waals surface area contributed by atoms with Crippen LogP contribution in [-0.4, -0.2) is 28.5 Å². The Kier molecular flexibility index (Phi) is 4.34. The number of hydrogen-bond acceptors (Lipinski definition) is 6. The van der Waals surface area contributed by atoms with Gasteiger partial charge in [-0.05, 0) is 44.2 Å². The summed E-state index contributed by atoms with van der Waals surface area (Å²) in [6.07, 6.45) is 1.14. The fourth-order valence-corrected chi connectivity index (χ4v) is 3.96. The highest BCUT2D eigenvalue weighted by Gasteiger charge is 2.31. The summed E-state index contributed by atoms with van der Waals surface area (Å²) in [6.45, 7) is 3.68. The Labute approximate surface area is 160 Å². The van der Waals surface area contributed by atoms with Crippen molar-refractivity contribution in [2.75, 3.05) is 11.4 Å². The van der Waals surface area contributed by atoms with Crippen LogP contribution in [0.5, 0.6) is 5.75 Å². The van der Waals surface area contributed by atoms with Crippen LogP contribution < -0.4 is 9.64 Å². The second-order valence-electron chi connectivity index (χ2n) is 6.16. The molecular weight excluding hydrogens is 360 g/mol. The fourth-order valence-electron chi connectivity index (χ4n) is 3.05. The minimum absolute atomic E-state index is 0.0157. The number of fused-ring (bicyclic) bond motifs is 1. The van der Waals surface area contributed by atoms with Crippen LogP contribution in [0, 0.1) is 18.3 Å². The Morgan fingerprint density at radius 1 is 1.33 bits per heavy atom. The highest BCUT2D eigenvalue weighted by atomic mass is 32.1. The number of aryl methyl sites for hydroxylation is 1. The molecule has 0 bridgehead atoms. The normalized spacial score (nSPS) is 15.8. The van der Waals surface area contributed by atoms with Gasteiger partial charge in [0.15, 0.2) is 6.10 Å². The molecule has 3 heterocycles. The number of nitrogens with zero attached hydrogens (tertiary/aromatic N) is 4. The molecule has 1 aromatic carbocycles. The Bertz CT molecular complexity index is 1060. The lowest BCUT2D eigenvalue weighted by Gasteiger charge is -2.31. The smallest absolute Gasteiger partial charge is 0.268 e. The second-order valence-corrected chi connectivity index (χ2v) is 7.37. The zero-order valence-electron chi connectivity index (χ0n) is 14.8. The Morgan fingerprint density at radius 3 is 2.93 bits per heavy atom. The van der Waals surface area contributed by atoms with Gasteiger partial charge in [-0.15, -0.1) is 11.3 Å². The number of ether oxygens (including phenoxy) is 1. The third-order valence-corrected chi connectivity index (χ3v) is 5.34. The molecule has 0 saturated heterocycles. The molecule has 0 radical (unpaired) electrons. The van der Waals surface area contributed by atoms with E-state index in [1.807, 2.05) is 43.3 Å². The zero-order valence-corrected chi connectivity index (χ0v) is 15.7. The van der Waals surface area contributed by atoms with Gasteiger partial charge in [-0.2, -0.15) is 5.26 Å². The van der Waals surface area contributed by atoms with Gasteiger partial charge >= 0.3 is 0 Å². The molecule has 1 amide bonds. The van der Waals surface area contributed by atoms with Crippen LogP contribution >= 0.6 is 11.3 Å². The van der Waals surface area contributed by atoms with Crippen molar-refractivity contribution >= 4 is 22.9 Å². The van der Waals surface area contributed by atoms with Gasteiger partial charge in [-0.3, -0.25) is 14.7 Å². The Hall–Kier alpha value is -3.24. The number of amides is 1. The number of aromatic nitrogens is 2. The van der Waals surface area contributed by atoms with Gasteiger partial charge in [-0.25, -0.2) is 4.98 Å². The van der Waals surface area contributed by atoms with E-state index >= 15 is 0 Å². The number of pyridine rings is 1. The summed E-state index contributed by atoms with van der Waals surface area (Å²) in [6, 6.07) is 13.4. The van der Waals surface area contributed by atoms with Gasteiger partial charge in [0.25, 0.3) is 5.91 Å². The third kappa shape index (κ3) is 3.04. The van der Waals surface area contributed by atoms with Crippen LogP contribution in [0.25, 0.3) is 22.0 Å². The van der Waals surface area contributed by atoms with E-state index in [2.05, 4.69) is 11.1 Å². The highest BCUT2D eigenvalue weighted by Crippen LogP contribution is 2.39. The molecule has 1 unspecified atom stereocenters. The van der Waals surface area contributed by atoms with Crippen LogP contribution in [0.3, 0.4) is 0 Å². The fraction of sp³-hybridized carbons (Fsp3) is 0.200. The molecule has 3 aromatic rings. The summed E-state index contributed by atoms with van der Waals surface area (Å²) in [5, 5.41) is 9.95. The van der Waals surface area contributed by atoms with Gasteiger partial charge in [0.05, 0.1) is 23.1 Å². The number of rotatable bonds is 3. The molecule has 0 N–H and O–H groups in total. The predicted octanol–water partition coefficient (Wildman–Crippen LogP) is 3.82. The lowest BCUT2D eigenvalue weighted by atomic mass is 10.1. The van der Waals surface area contributed by atoms with Crippen molar-refractivity contribution in [2.45, 2.75) is 20.0 Å². The molecular formula is C20H16N4O2S. The monoisotopic (exact) mass is 376 g/mol. The maximum absolute atomic E-state index is 12.4. The average molecular weight is 376 g/mol. The third-order valence-electron chi connectivity index (χ3n) is 4.35. The van der Waals surface area contributed by atoms with Crippen molar-refractivity contribution in [3.63, 3.8) is 0 Å². The van der Waals surface area contributed by atoms with E-state index in [4.69, 9.17) is 15.0 Å². The number of thiazole rings is 1. The van der Waals surface area contributed by atoms with Gasteiger partial charge in [0.2, 0.25) is 0 Å². The standard InChI is InChI=1S/C20H16N4O2S/c1-12-20(25)24(10-8-21)16-11-14(6-7-17(16)26-12)18-13(2)27-19(23-18)15-5-3-4-9-22-15/h3-7,9,11-12H,10H2,1-2H3. The molecule has 1 aliphatic rings. The van der Waals surface area contributed by atoms with E-state index in [0.717, 1.165) is 26.8 Å². The summed E-state index contributed by atoms with van der Waals surface area (Å²) in [5.41, 5.74) is 3.14. The Balaban J connectivity index is 1.78. The predicted molar refractivity (Wildman–Crippen MR) is 104 cm³/mol. The van der Waals surface area contributed by atoms with Crippen molar-refractivity contribution in [3.8, 4) is 33.8 Å². The van der Waals surface area contributed by atoms with Gasteiger partial charge in [0.1, 0.15) is 17.3 Å². The number of hydrogen-bond donors (Lipinski definition) is 0. The summed E-state index contributed by atoms with van der Waals surface area (Å²) in [4.78, 5) is 24.0. The first kappa shape index (κ1) is 17.2. The molecule has 6 nitrogen and oxygen atoms in total. The molecule has 0 saturated carbocycles. The number of nitriles is 1. The minimum atomic E-state index is -0.603. The highest BCUT2D eigenvalue weighted by molar-refractivity contribution is 7.15. The summed E-state index contributed by atoms with van der Waals surface area (Å²) >= 11 is 1.57. The van der Waals surface area contributed by atoms with Crippen molar-refractivity contribution in [2.24, 2.45) is 0 Å². The van der Waals surface area contributed by atoms with Crippen LogP contribution in [0.4, 0.5) is 5.69 Å². The van der Waals surface area contributed by atoms with Gasteiger partial charge in [-0.1, -0.05) is 6.07 Å². The molecule has 1 atom stereocenters. The van der Waals surface area contributed by atoms with E-state index in [0.29, 0.717) is 11.4 Å². The lowest BCUT2D eigenvalue weighted by Crippen LogP contribution is -2.44. The topological polar surface area (TPSA) is 79.1 Å². The van der Waals surface area contributed by atoms with E-state index in [1.54, 1.807) is 24.5 Å². The minimum Gasteiger partial charge on any atom is -0.479 e. The molecule has 1 aliphatic heterocycles. The maximum Gasteiger partial charge on any atom is 0.268 e. The van der Waals surface area contributed by atoms with Crippen LogP contribution in [0.2, 0.25) is 0 Å². The first-order chi connectivity index (χ1) is 13.1. The molecule has 0 fully saturated rings. The summed E-state index contributed by atoms with van der Waals surface area (Å²) in [7, 11) is 0. The van der Waals surface area contributed by atoms with Gasteiger partial charge < -0.3 is 4.74 Å². The van der Waals surface area contributed by atoms with Crippen LogP contribution in [-0.2, 0) is 4.79 Å². The average Bonchev–Trinajstić information content (AvgIpc) is 3.08. The number of carbonyl (C=O) groups is 1. The summed E-state index contributed by atoms with van der Waals surface area (Å²) in [5.74, 6) is 0.379. The molecule has 0 spiro atoms. The van der Waals surface area contributed by atoms with Crippen molar-refractivity contribution < 1.29 is 9.53 Å². The molecule has 27 heavy (non-hydrogen) atoms. The Morgan fingerprint density at radius 2 is 2.19 bits per heavy atom. The first-order valence-electron chi connectivity index (χ1n) is 8.46. The van der Waals surface area contributed by atoms with Crippen molar-refractivity contribution in [3.05, 3.63) is 47.5 Å². The molecule has 4 rings (SSSR count). The lowest BCUT2D eigenvalue weighted by molar-refractivity contribution is -0.125. The van der Waals surface area contributed by atoms with Gasteiger partial charge in [0, 0.05) is 16.6 Å². The van der Waals surface area contributed by atoms with Crippen molar-refractivity contribution in [1.29, 1.82) is 5.26 Å². The molecule has 134 valence electrons. The van der Waals surface area contributed by atoms with Crippen LogP contribution in [0.15, 0.2) is 42.6 Å². The first-order valence-corrected chi connectivity index (χ1v) is 9.28. The second kappa shape index (κ2) is 6.82. The van der Waals surface area contributed by atoms with E-state index in [1.165, 1.54) is 4.90 Å². The molecule has 7 heteroatoms. The quantitative estimate of drug-likeness (QED) is 0.649. The molecule has 0 aliphatic carbocycles. The maximum atomic E-state index is 12.4. The van der Waals surface area contributed by atoms with E-state index < -0.39 is 6.10 Å². The molecule has 2 aromatic heterocycles. The van der Waals surface area contributed by atoms with Crippen molar-refractivity contribution in [1.82, 2.24) is 9.97 Å². The van der Waals surface area contributed by atoms with Crippen LogP contribution in [0.1, 0.15) is 11.8 Å².